The topological polar surface area (TPSA) is 169 Å². The number of carbonyl (C=O) groups excluding carboxylic acids is 1. The minimum Gasteiger partial charge on any atom is -0.398 e. The van der Waals surface area contributed by atoms with Crippen LogP contribution in [-0.2, 0) is 4.74 Å². The third kappa shape index (κ3) is 4.11. The van der Waals surface area contributed by atoms with Crippen LogP contribution in [0.25, 0.3) is 21.6 Å². The van der Waals surface area contributed by atoms with Crippen molar-refractivity contribution < 1.29 is 9.53 Å². The van der Waals surface area contributed by atoms with Crippen LogP contribution in [0.2, 0.25) is 0 Å². The number of anilines is 4. The van der Waals surface area contributed by atoms with Gasteiger partial charge in [-0.1, -0.05) is 12.1 Å². The molecule has 5 rings (SSSR count). The molecule has 4 heterocycles. The number of fused-ring (bicyclic) bond motifs is 1. The molecular weight excluding hydrogens is 454 g/mol. The first-order chi connectivity index (χ1) is 16.5. The summed E-state index contributed by atoms with van der Waals surface area (Å²) in [5.74, 6) is 1.03. The number of nitrogens with zero attached hydrogens (tertiary/aromatic N) is 5. The minimum absolute atomic E-state index is 0.233. The third-order valence-corrected chi connectivity index (χ3v) is 6.40. The lowest BCUT2D eigenvalue weighted by Crippen LogP contribution is -2.36. The summed E-state index contributed by atoms with van der Waals surface area (Å²) in [6.45, 7) is 2.64. The predicted octanol–water partition coefficient (Wildman–Crippen LogP) is 2.41. The molecule has 3 aromatic heterocycles. The van der Waals surface area contributed by atoms with Crippen LogP contribution in [-0.4, -0.2) is 58.4 Å². The Bertz CT molecular complexity index is 1380. The highest BCUT2D eigenvalue weighted by Crippen LogP contribution is 2.38. The molecule has 34 heavy (non-hydrogen) atoms. The highest BCUT2D eigenvalue weighted by Gasteiger charge is 2.21. The fourth-order valence-electron chi connectivity index (χ4n) is 3.66. The second kappa shape index (κ2) is 9.00. The zero-order chi connectivity index (χ0) is 23.7. The van der Waals surface area contributed by atoms with Gasteiger partial charge in [-0.25, -0.2) is 19.9 Å². The molecule has 1 aliphatic rings. The van der Waals surface area contributed by atoms with Crippen LogP contribution in [0.4, 0.5) is 22.5 Å². The number of amides is 1. The van der Waals surface area contributed by atoms with Crippen molar-refractivity contribution in [2.45, 2.75) is 0 Å². The first-order valence-electron chi connectivity index (χ1n) is 10.5. The Labute approximate surface area is 198 Å². The Balaban J connectivity index is 1.59. The maximum atomic E-state index is 11.3. The van der Waals surface area contributed by atoms with Crippen LogP contribution in [0.15, 0.2) is 36.7 Å². The van der Waals surface area contributed by atoms with Crippen molar-refractivity contribution in [3.63, 3.8) is 0 Å². The fraction of sp³-hybridized carbons (Fsp3) is 0.182. The van der Waals surface area contributed by atoms with Gasteiger partial charge in [0.25, 0.3) is 5.91 Å². The number of hydrogen-bond donors (Lipinski definition) is 4. The van der Waals surface area contributed by atoms with Gasteiger partial charge in [-0.3, -0.25) is 4.79 Å². The van der Waals surface area contributed by atoms with E-state index in [9.17, 15) is 4.79 Å². The van der Waals surface area contributed by atoms with Crippen molar-refractivity contribution in [1.29, 1.82) is 5.41 Å². The van der Waals surface area contributed by atoms with Crippen molar-refractivity contribution in [2.24, 2.45) is 5.73 Å². The molecule has 172 valence electrons. The van der Waals surface area contributed by atoms with Gasteiger partial charge in [-0.15, -0.1) is 11.3 Å². The monoisotopic (exact) mass is 475 g/mol. The number of ether oxygens (including phenoxy) is 1. The number of primary amides is 1. The molecule has 1 saturated heterocycles. The van der Waals surface area contributed by atoms with Crippen LogP contribution < -0.4 is 21.7 Å². The normalized spacial score (nSPS) is 13.7. The fourth-order valence-corrected chi connectivity index (χ4v) is 4.66. The summed E-state index contributed by atoms with van der Waals surface area (Å²) in [5, 5.41) is 11.7. The van der Waals surface area contributed by atoms with E-state index in [0.717, 1.165) is 21.0 Å². The number of aromatic nitrogens is 4. The standard InChI is InChI=1S/C22H21N9O2S/c23-9-14-13(2-1-3-15(14)24)20-28-16-8-17(29-22-26-10-12(11-27-22)19(25)32)34-18(16)21(30-20)31-4-6-33-7-5-31/h1-3,8-11,23H,4-7,24H2,(H2,25,32)(H,26,27,29). The van der Waals surface area contributed by atoms with E-state index in [1.165, 1.54) is 29.9 Å². The van der Waals surface area contributed by atoms with Gasteiger partial charge in [0.15, 0.2) is 11.6 Å². The molecule has 1 amide bonds. The van der Waals surface area contributed by atoms with E-state index in [-0.39, 0.29) is 5.56 Å². The zero-order valence-corrected chi connectivity index (χ0v) is 18.8. The summed E-state index contributed by atoms with van der Waals surface area (Å²) in [6, 6.07) is 7.34. The summed E-state index contributed by atoms with van der Waals surface area (Å²) in [6.07, 6.45) is 3.97. The molecule has 0 spiro atoms. The molecule has 12 heteroatoms. The first kappa shape index (κ1) is 21.7. The second-order valence-electron chi connectivity index (χ2n) is 7.53. The molecule has 0 aliphatic carbocycles. The van der Waals surface area contributed by atoms with Crippen molar-refractivity contribution in [2.75, 3.05) is 42.3 Å². The summed E-state index contributed by atoms with van der Waals surface area (Å²) < 4.78 is 6.43. The van der Waals surface area contributed by atoms with Gasteiger partial charge in [0.2, 0.25) is 5.95 Å². The number of benzene rings is 1. The smallest absolute Gasteiger partial charge is 0.251 e. The highest BCUT2D eigenvalue weighted by molar-refractivity contribution is 7.23. The van der Waals surface area contributed by atoms with Gasteiger partial charge >= 0.3 is 0 Å². The predicted molar refractivity (Wildman–Crippen MR) is 132 cm³/mol. The highest BCUT2D eigenvalue weighted by atomic mass is 32.1. The van der Waals surface area contributed by atoms with Crippen LogP contribution in [0.5, 0.6) is 0 Å². The average molecular weight is 476 g/mol. The van der Waals surface area contributed by atoms with Crippen LogP contribution in [0.3, 0.4) is 0 Å². The Morgan fingerprint density at radius 2 is 1.97 bits per heavy atom. The molecule has 11 nitrogen and oxygen atoms in total. The Kier molecular flexibility index (Phi) is 5.74. The van der Waals surface area contributed by atoms with E-state index in [0.29, 0.717) is 54.9 Å². The number of morpholine rings is 1. The van der Waals surface area contributed by atoms with Gasteiger partial charge in [0.05, 0.1) is 34.0 Å². The van der Waals surface area contributed by atoms with Gasteiger partial charge in [0.1, 0.15) is 0 Å². The number of hydrogen-bond acceptors (Lipinski definition) is 11. The first-order valence-corrected chi connectivity index (χ1v) is 11.3. The molecule has 0 bridgehead atoms. The van der Waals surface area contributed by atoms with E-state index in [2.05, 4.69) is 20.2 Å². The number of carbonyl (C=O) groups is 1. The maximum Gasteiger partial charge on any atom is 0.251 e. The maximum absolute atomic E-state index is 11.3. The van der Waals surface area contributed by atoms with Gasteiger partial charge in [-0.05, 0) is 12.1 Å². The molecule has 1 fully saturated rings. The van der Waals surface area contributed by atoms with Gasteiger partial charge < -0.3 is 31.8 Å². The summed E-state index contributed by atoms with van der Waals surface area (Å²) in [4.78, 5) is 31.4. The summed E-state index contributed by atoms with van der Waals surface area (Å²) in [5.41, 5.74) is 14.1. The van der Waals surface area contributed by atoms with Crippen LogP contribution >= 0.6 is 11.3 Å². The Hall–Kier alpha value is -4.16. The zero-order valence-electron chi connectivity index (χ0n) is 18.0. The Morgan fingerprint density at radius 1 is 1.21 bits per heavy atom. The number of rotatable bonds is 6. The quantitative estimate of drug-likeness (QED) is 0.241. The molecule has 6 N–H and O–H groups in total. The Morgan fingerprint density at radius 3 is 2.68 bits per heavy atom. The SMILES string of the molecule is N=Cc1c(N)cccc1-c1nc(N2CCOCC2)c2sc(Nc3ncc(C(N)=O)cn3)cc2n1. The molecule has 4 aromatic rings. The number of thiophene rings is 1. The molecule has 1 aromatic carbocycles. The summed E-state index contributed by atoms with van der Waals surface area (Å²) >= 11 is 1.48. The lowest BCUT2D eigenvalue weighted by molar-refractivity contribution is 0.0999. The van der Waals surface area contributed by atoms with E-state index in [1.54, 1.807) is 6.07 Å². The van der Waals surface area contributed by atoms with Crippen LogP contribution in [0.1, 0.15) is 15.9 Å². The molecule has 0 atom stereocenters. The van der Waals surface area contributed by atoms with Crippen molar-refractivity contribution in [3.8, 4) is 11.4 Å². The van der Waals surface area contributed by atoms with Gasteiger partial charge in [0, 0.05) is 48.5 Å². The third-order valence-electron chi connectivity index (χ3n) is 5.36. The second-order valence-corrected chi connectivity index (χ2v) is 8.58. The number of nitrogen functional groups attached to an aromatic ring is 1. The molecular formula is C22H21N9O2S. The lowest BCUT2D eigenvalue weighted by Gasteiger charge is -2.28. The number of nitrogens with one attached hydrogen (secondary N) is 2. The largest absolute Gasteiger partial charge is 0.398 e. The summed E-state index contributed by atoms with van der Waals surface area (Å²) in [7, 11) is 0. The molecule has 0 radical (unpaired) electrons. The molecule has 0 unspecified atom stereocenters. The van der Waals surface area contributed by atoms with E-state index >= 15 is 0 Å². The van der Waals surface area contributed by atoms with E-state index in [4.69, 9.17) is 31.6 Å². The van der Waals surface area contributed by atoms with E-state index in [1.807, 2.05) is 18.2 Å². The lowest BCUT2D eigenvalue weighted by atomic mass is 10.1. The molecule has 0 saturated carbocycles. The van der Waals surface area contributed by atoms with Crippen LogP contribution in [0, 0.1) is 5.41 Å². The van der Waals surface area contributed by atoms with Crippen molar-refractivity contribution in [1.82, 2.24) is 19.9 Å². The van der Waals surface area contributed by atoms with Gasteiger partial charge in [-0.2, -0.15) is 0 Å². The minimum atomic E-state index is -0.586. The van der Waals surface area contributed by atoms with Crippen molar-refractivity contribution >= 4 is 56.1 Å². The molecule has 1 aliphatic heterocycles. The average Bonchev–Trinajstić information content (AvgIpc) is 3.26. The van der Waals surface area contributed by atoms with Crippen molar-refractivity contribution in [3.05, 3.63) is 47.8 Å². The number of nitrogens with two attached hydrogens (primary N) is 2. The van der Waals surface area contributed by atoms with E-state index < -0.39 is 5.91 Å².